The summed E-state index contributed by atoms with van der Waals surface area (Å²) in [6, 6.07) is 10.6. The fraction of sp³-hybridized carbons (Fsp3) is 0.375. The van der Waals surface area contributed by atoms with Gasteiger partial charge in [0.05, 0.1) is 0 Å². The number of nitrogens with zero attached hydrogens (tertiary/aromatic N) is 1. The summed E-state index contributed by atoms with van der Waals surface area (Å²) >= 11 is 0. The number of fused-ring (bicyclic) bond motifs is 3. The molecule has 3 aliphatic rings. The lowest BCUT2D eigenvalue weighted by Gasteiger charge is -2.46. The SMILES string of the molecule is C=CC1CN2CCC1CC2=Cc1ccccc1. The van der Waals surface area contributed by atoms with Gasteiger partial charge in [-0.2, -0.15) is 0 Å². The van der Waals surface area contributed by atoms with Crippen LogP contribution in [0.15, 0.2) is 48.7 Å². The van der Waals surface area contributed by atoms with E-state index in [1.54, 1.807) is 0 Å². The van der Waals surface area contributed by atoms with Crippen molar-refractivity contribution in [1.82, 2.24) is 4.90 Å². The zero-order valence-corrected chi connectivity index (χ0v) is 10.2. The van der Waals surface area contributed by atoms with Crippen LogP contribution in [-0.2, 0) is 0 Å². The van der Waals surface area contributed by atoms with Crippen molar-refractivity contribution in [2.24, 2.45) is 11.8 Å². The number of rotatable bonds is 2. The fourth-order valence-electron chi connectivity index (χ4n) is 3.10. The Morgan fingerprint density at radius 1 is 1.24 bits per heavy atom. The van der Waals surface area contributed by atoms with Crippen LogP contribution >= 0.6 is 0 Å². The van der Waals surface area contributed by atoms with Crippen LogP contribution in [-0.4, -0.2) is 18.0 Å². The molecule has 0 amide bonds. The minimum Gasteiger partial charge on any atom is -0.374 e. The maximum absolute atomic E-state index is 3.97. The predicted octanol–water partition coefficient (Wildman–Crippen LogP) is 3.56. The zero-order chi connectivity index (χ0) is 11.7. The van der Waals surface area contributed by atoms with E-state index < -0.39 is 0 Å². The Hall–Kier alpha value is -1.50. The van der Waals surface area contributed by atoms with Crippen LogP contribution in [0.25, 0.3) is 6.08 Å². The number of hydrogen-bond acceptors (Lipinski definition) is 1. The summed E-state index contributed by atoms with van der Waals surface area (Å²) in [5.74, 6) is 1.53. The van der Waals surface area contributed by atoms with Crippen LogP contribution in [0.1, 0.15) is 18.4 Å². The molecule has 0 aliphatic carbocycles. The van der Waals surface area contributed by atoms with Gasteiger partial charge >= 0.3 is 0 Å². The van der Waals surface area contributed by atoms with Gasteiger partial charge in [-0.15, -0.1) is 6.58 Å². The van der Waals surface area contributed by atoms with Gasteiger partial charge in [0.25, 0.3) is 0 Å². The number of benzene rings is 1. The van der Waals surface area contributed by atoms with Crippen LogP contribution in [0.2, 0.25) is 0 Å². The first-order chi connectivity index (χ1) is 8.36. The summed E-state index contributed by atoms with van der Waals surface area (Å²) in [4.78, 5) is 2.54. The van der Waals surface area contributed by atoms with Crippen molar-refractivity contribution in [3.63, 3.8) is 0 Å². The van der Waals surface area contributed by atoms with Crippen molar-refractivity contribution in [3.8, 4) is 0 Å². The van der Waals surface area contributed by atoms with Crippen molar-refractivity contribution in [2.45, 2.75) is 12.8 Å². The van der Waals surface area contributed by atoms with E-state index in [2.05, 4.69) is 54.0 Å². The third-order valence-electron chi connectivity index (χ3n) is 4.12. The molecule has 1 aromatic rings. The summed E-state index contributed by atoms with van der Waals surface area (Å²) in [6.45, 7) is 6.37. The zero-order valence-electron chi connectivity index (χ0n) is 10.2. The molecule has 3 saturated heterocycles. The van der Waals surface area contributed by atoms with Gasteiger partial charge in [0.2, 0.25) is 0 Å². The Labute approximate surface area is 103 Å². The summed E-state index contributed by atoms with van der Waals surface area (Å²) in [5, 5.41) is 0. The monoisotopic (exact) mass is 225 g/mol. The molecule has 2 atom stereocenters. The number of piperidine rings is 3. The highest BCUT2D eigenvalue weighted by Crippen LogP contribution is 2.39. The van der Waals surface area contributed by atoms with Gasteiger partial charge in [-0.05, 0) is 36.3 Å². The molecule has 3 fully saturated rings. The lowest BCUT2D eigenvalue weighted by atomic mass is 9.77. The minimum atomic E-state index is 0.705. The first-order valence-electron chi connectivity index (χ1n) is 6.50. The van der Waals surface area contributed by atoms with Gasteiger partial charge in [-0.25, -0.2) is 0 Å². The molecule has 1 aromatic carbocycles. The van der Waals surface area contributed by atoms with E-state index in [9.17, 15) is 0 Å². The molecule has 3 aliphatic heterocycles. The van der Waals surface area contributed by atoms with E-state index in [1.807, 2.05) is 0 Å². The molecule has 2 bridgehead atoms. The molecule has 0 saturated carbocycles. The molecule has 0 N–H and O–H groups in total. The lowest BCUT2D eigenvalue weighted by Crippen LogP contribution is -2.45. The van der Waals surface area contributed by atoms with E-state index >= 15 is 0 Å². The first-order valence-corrected chi connectivity index (χ1v) is 6.50. The highest BCUT2D eigenvalue weighted by molar-refractivity contribution is 5.52. The molecule has 3 heterocycles. The van der Waals surface area contributed by atoms with Gasteiger partial charge in [-0.1, -0.05) is 36.4 Å². The summed E-state index contributed by atoms with van der Waals surface area (Å²) < 4.78 is 0. The maximum atomic E-state index is 3.97. The van der Waals surface area contributed by atoms with Crippen LogP contribution in [0.3, 0.4) is 0 Å². The lowest BCUT2D eigenvalue weighted by molar-refractivity contribution is 0.119. The molecule has 0 radical (unpaired) electrons. The molecule has 0 spiro atoms. The molecule has 0 aromatic heterocycles. The molecule has 17 heavy (non-hydrogen) atoms. The largest absolute Gasteiger partial charge is 0.374 e. The highest BCUT2D eigenvalue weighted by Gasteiger charge is 2.34. The summed E-state index contributed by atoms with van der Waals surface area (Å²) in [5.41, 5.74) is 2.84. The second-order valence-electron chi connectivity index (χ2n) is 5.14. The van der Waals surface area contributed by atoms with Gasteiger partial charge in [0, 0.05) is 18.8 Å². The smallest absolute Gasteiger partial charge is 0.0240 e. The second-order valence-corrected chi connectivity index (χ2v) is 5.14. The van der Waals surface area contributed by atoms with Gasteiger partial charge < -0.3 is 4.90 Å². The van der Waals surface area contributed by atoms with Gasteiger partial charge in [0.15, 0.2) is 0 Å². The Kier molecular flexibility index (Phi) is 2.76. The average Bonchev–Trinajstić information content (AvgIpc) is 2.40. The number of allylic oxidation sites excluding steroid dienone is 1. The van der Waals surface area contributed by atoms with Crippen LogP contribution in [0.5, 0.6) is 0 Å². The van der Waals surface area contributed by atoms with E-state index in [-0.39, 0.29) is 0 Å². The second kappa shape index (κ2) is 4.40. The number of hydrogen-bond donors (Lipinski definition) is 0. The van der Waals surface area contributed by atoms with Gasteiger partial charge in [-0.3, -0.25) is 0 Å². The minimum absolute atomic E-state index is 0.705. The summed E-state index contributed by atoms with van der Waals surface area (Å²) in [7, 11) is 0. The van der Waals surface area contributed by atoms with Crippen LogP contribution in [0, 0.1) is 11.8 Å². The van der Waals surface area contributed by atoms with E-state index in [0.717, 1.165) is 5.92 Å². The molecule has 88 valence electrons. The van der Waals surface area contributed by atoms with Gasteiger partial charge in [0.1, 0.15) is 0 Å². The van der Waals surface area contributed by atoms with Crippen molar-refractivity contribution in [1.29, 1.82) is 0 Å². The van der Waals surface area contributed by atoms with Crippen molar-refractivity contribution >= 4 is 6.08 Å². The normalized spacial score (nSPS) is 29.6. The third-order valence-corrected chi connectivity index (χ3v) is 4.12. The van der Waals surface area contributed by atoms with E-state index in [1.165, 1.54) is 37.2 Å². The molecule has 1 nitrogen and oxygen atoms in total. The Morgan fingerprint density at radius 2 is 2.06 bits per heavy atom. The topological polar surface area (TPSA) is 3.24 Å². The van der Waals surface area contributed by atoms with Crippen LogP contribution < -0.4 is 0 Å². The Morgan fingerprint density at radius 3 is 2.71 bits per heavy atom. The third kappa shape index (κ3) is 2.02. The Balaban J connectivity index is 1.83. The highest BCUT2D eigenvalue weighted by atomic mass is 15.2. The van der Waals surface area contributed by atoms with E-state index in [0.29, 0.717) is 5.92 Å². The molecule has 4 rings (SSSR count). The average molecular weight is 225 g/mol. The molecule has 2 unspecified atom stereocenters. The first kappa shape index (κ1) is 10.6. The quantitative estimate of drug-likeness (QED) is 0.696. The molecule has 1 heteroatoms. The molecular weight excluding hydrogens is 206 g/mol. The Bertz CT molecular complexity index is 432. The fourth-order valence-corrected chi connectivity index (χ4v) is 3.10. The standard InChI is InChI=1S/C16H19N/c1-2-14-12-17-9-8-15(14)11-16(17)10-13-6-4-3-5-7-13/h2-7,10,14-15H,1,8-9,11-12H2. The van der Waals surface area contributed by atoms with Crippen molar-refractivity contribution < 1.29 is 0 Å². The van der Waals surface area contributed by atoms with Crippen molar-refractivity contribution in [3.05, 3.63) is 54.2 Å². The predicted molar refractivity (Wildman–Crippen MR) is 72.4 cm³/mol. The van der Waals surface area contributed by atoms with Crippen LogP contribution in [0.4, 0.5) is 0 Å². The molecular formula is C16H19N. The van der Waals surface area contributed by atoms with E-state index in [4.69, 9.17) is 0 Å². The van der Waals surface area contributed by atoms with Crippen molar-refractivity contribution in [2.75, 3.05) is 13.1 Å². The summed E-state index contributed by atoms with van der Waals surface area (Å²) in [6.07, 6.45) is 7.07. The maximum Gasteiger partial charge on any atom is 0.0240 e.